The van der Waals surface area contributed by atoms with Gasteiger partial charge in [-0.2, -0.15) is 0 Å². The molecule has 1 aliphatic carbocycles. The van der Waals surface area contributed by atoms with Gasteiger partial charge in [0.15, 0.2) is 5.96 Å². The van der Waals surface area contributed by atoms with Gasteiger partial charge in [0.25, 0.3) is 0 Å². The summed E-state index contributed by atoms with van der Waals surface area (Å²) in [4.78, 5) is 6.87. The van der Waals surface area contributed by atoms with Crippen LogP contribution in [0.5, 0.6) is 0 Å². The van der Waals surface area contributed by atoms with Gasteiger partial charge in [-0.25, -0.2) is 4.39 Å². The molecular weight excluding hydrogens is 442 g/mol. The summed E-state index contributed by atoms with van der Waals surface area (Å²) in [7, 11) is 1.81. The lowest BCUT2D eigenvalue weighted by Gasteiger charge is -2.19. The van der Waals surface area contributed by atoms with Gasteiger partial charge in [0, 0.05) is 25.6 Å². The van der Waals surface area contributed by atoms with Crippen molar-refractivity contribution in [3.63, 3.8) is 0 Å². The van der Waals surface area contributed by atoms with Crippen LogP contribution in [0.4, 0.5) is 4.39 Å². The van der Waals surface area contributed by atoms with Gasteiger partial charge in [0.1, 0.15) is 5.82 Å². The Bertz CT molecular complexity index is 583. The number of hydrogen-bond acceptors (Lipinski definition) is 2. The van der Waals surface area contributed by atoms with Gasteiger partial charge in [0.05, 0.1) is 0 Å². The maximum atomic E-state index is 13.5. The second-order valence-corrected chi connectivity index (χ2v) is 7.40. The van der Waals surface area contributed by atoms with E-state index in [9.17, 15) is 4.39 Å². The van der Waals surface area contributed by atoms with Crippen molar-refractivity contribution in [2.45, 2.75) is 43.9 Å². The smallest absolute Gasteiger partial charge is 0.191 e. The van der Waals surface area contributed by atoms with E-state index in [1.807, 2.05) is 6.07 Å². The molecule has 3 rings (SSSR count). The Kier molecular flexibility index (Phi) is 8.60. The predicted octanol–water partition coefficient (Wildman–Crippen LogP) is 3.52. The maximum absolute atomic E-state index is 13.5. The lowest BCUT2D eigenvalue weighted by molar-refractivity contribution is 0.330. The van der Waals surface area contributed by atoms with E-state index in [0.717, 1.165) is 43.9 Å². The first-order valence-corrected chi connectivity index (χ1v) is 9.65. The van der Waals surface area contributed by atoms with E-state index in [4.69, 9.17) is 0 Å². The minimum atomic E-state index is -0.149. The van der Waals surface area contributed by atoms with E-state index >= 15 is 0 Å². The highest BCUT2D eigenvalue weighted by atomic mass is 127. The second-order valence-electron chi connectivity index (χ2n) is 7.40. The molecule has 0 spiro atoms. The van der Waals surface area contributed by atoms with Crippen molar-refractivity contribution >= 4 is 29.9 Å². The van der Waals surface area contributed by atoms with Crippen LogP contribution in [0.2, 0.25) is 0 Å². The van der Waals surface area contributed by atoms with Crippen LogP contribution in [0.1, 0.15) is 44.1 Å². The lowest BCUT2D eigenvalue weighted by atomic mass is 9.96. The molecule has 1 aliphatic heterocycles. The highest BCUT2D eigenvalue weighted by molar-refractivity contribution is 14.0. The molecule has 1 aromatic carbocycles. The van der Waals surface area contributed by atoms with Crippen molar-refractivity contribution in [3.8, 4) is 0 Å². The van der Waals surface area contributed by atoms with Crippen LogP contribution in [0.25, 0.3) is 0 Å². The normalized spacial score (nSPS) is 19.1. The number of nitrogens with one attached hydrogen (secondary N) is 2. The third kappa shape index (κ3) is 6.08. The van der Waals surface area contributed by atoms with E-state index in [0.29, 0.717) is 0 Å². The Morgan fingerprint density at radius 3 is 2.62 bits per heavy atom. The summed E-state index contributed by atoms with van der Waals surface area (Å²) in [5.41, 5.74) is 1.18. The van der Waals surface area contributed by atoms with E-state index < -0.39 is 0 Å². The topological polar surface area (TPSA) is 39.7 Å². The molecule has 0 aromatic heterocycles. The van der Waals surface area contributed by atoms with Crippen molar-refractivity contribution in [2.75, 3.05) is 39.8 Å². The van der Waals surface area contributed by atoms with Crippen molar-refractivity contribution in [1.29, 1.82) is 0 Å². The monoisotopic (exact) mass is 474 g/mol. The summed E-state index contributed by atoms with van der Waals surface area (Å²) in [6.07, 6.45) is 7.33. The van der Waals surface area contributed by atoms with Crippen molar-refractivity contribution in [2.24, 2.45) is 4.99 Å². The fourth-order valence-corrected chi connectivity index (χ4v) is 3.68. The van der Waals surface area contributed by atoms with Crippen LogP contribution in [-0.4, -0.2) is 50.6 Å². The molecule has 2 fully saturated rings. The molecule has 0 atom stereocenters. The molecule has 0 bridgehead atoms. The molecule has 26 heavy (non-hydrogen) atoms. The van der Waals surface area contributed by atoms with E-state index in [2.05, 4.69) is 20.5 Å². The SMILES string of the molecule is CN=C(NCCCCN1CCCC1)NCC1(c2cccc(F)c2)CC1.I. The molecule has 0 unspecified atom stereocenters. The van der Waals surface area contributed by atoms with E-state index in [1.165, 1.54) is 45.0 Å². The fraction of sp³-hybridized carbons (Fsp3) is 0.650. The fourth-order valence-electron chi connectivity index (χ4n) is 3.68. The van der Waals surface area contributed by atoms with Crippen LogP contribution in [0.15, 0.2) is 29.3 Å². The van der Waals surface area contributed by atoms with Gasteiger partial charge in [0.2, 0.25) is 0 Å². The Labute approximate surface area is 174 Å². The first-order chi connectivity index (χ1) is 12.2. The number of hydrogen-bond donors (Lipinski definition) is 2. The largest absolute Gasteiger partial charge is 0.356 e. The maximum Gasteiger partial charge on any atom is 0.191 e. The third-order valence-electron chi connectivity index (χ3n) is 5.50. The highest BCUT2D eigenvalue weighted by Crippen LogP contribution is 2.47. The molecule has 4 nitrogen and oxygen atoms in total. The molecule has 0 amide bonds. The van der Waals surface area contributed by atoms with Crippen molar-refractivity contribution in [1.82, 2.24) is 15.5 Å². The summed E-state index contributed by atoms with van der Waals surface area (Å²) >= 11 is 0. The highest BCUT2D eigenvalue weighted by Gasteiger charge is 2.44. The van der Waals surface area contributed by atoms with Gasteiger partial charge < -0.3 is 15.5 Å². The molecule has 1 heterocycles. The van der Waals surface area contributed by atoms with Crippen molar-refractivity contribution < 1.29 is 4.39 Å². The molecule has 1 saturated heterocycles. The van der Waals surface area contributed by atoms with Gasteiger partial charge in [-0.3, -0.25) is 4.99 Å². The number of nitrogens with zero attached hydrogens (tertiary/aromatic N) is 2. The zero-order chi connectivity index (χ0) is 17.5. The summed E-state index contributed by atoms with van der Waals surface area (Å²) in [5, 5.41) is 6.83. The Hall–Kier alpha value is -0.890. The van der Waals surface area contributed by atoms with E-state index in [-0.39, 0.29) is 35.2 Å². The third-order valence-corrected chi connectivity index (χ3v) is 5.50. The Morgan fingerprint density at radius 1 is 1.19 bits per heavy atom. The molecule has 2 aliphatic rings. The zero-order valence-corrected chi connectivity index (χ0v) is 18.1. The van der Waals surface area contributed by atoms with Gasteiger partial charge in [-0.15, -0.1) is 24.0 Å². The van der Waals surface area contributed by atoms with Crippen LogP contribution in [0.3, 0.4) is 0 Å². The number of halogens is 2. The van der Waals surface area contributed by atoms with Crippen molar-refractivity contribution in [3.05, 3.63) is 35.6 Å². The average Bonchev–Trinajstić information content (AvgIpc) is 3.24. The summed E-state index contributed by atoms with van der Waals surface area (Å²) in [6.45, 7) is 5.53. The molecule has 6 heteroatoms. The van der Waals surface area contributed by atoms with Gasteiger partial charge in [-0.05, 0) is 75.9 Å². The first-order valence-electron chi connectivity index (χ1n) is 9.65. The average molecular weight is 474 g/mol. The van der Waals surface area contributed by atoms with E-state index in [1.54, 1.807) is 19.2 Å². The quantitative estimate of drug-likeness (QED) is 0.262. The molecule has 1 aromatic rings. The first kappa shape index (κ1) is 21.4. The molecule has 0 radical (unpaired) electrons. The van der Waals surface area contributed by atoms with Crippen LogP contribution in [0, 0.1) is 5.82 Å². The standard InChI is InChI=1S/C20H31FN4.HI/c1-22-19(23-11-2-3-12-25-13-4-5-14-25)24-16-20(9-10-20)17-7-6-8-18(21)15-17;/h6-8,15H,2-5,9-14,16H2,1H3,(H2,22,23,24);1H. The minimum Gasteiger partial charge on any atom is -0.356 e. The molecule has 146 valence electrons. The number of likely N-dealkylation sites (tertiary alicyclic amines) is 1. The lowest BCUT2D eigenvalue weighted by Crippen LogP contribution is -2.41. The van der Waals surface area contributed by atoms with Gasteiger partial charge >= 0.3 is 0 Å². The van der Waals surface area contributed by atoms with Crippen LogP contribution >= 0.6 is 24.0 Å². The summed E-state index contributed by atoms with van der Waals surface area (Å²) in [6, 6.07) is 7.02. The molecular formula is C20H32FIN4. The summed E-state index contributed by atoms with van der Waals surface area (Å²) in [5.74, 6) is 0.702. The Balaban J connectivity index is 0.00000243. The number of unbranched alkanes of at least 4 members (excludes halogenated alkanes) is 1. The Morgan fingerprint density at radius 2 is 1.96 bits per heavy atom. The summed E-state index contributed by atoms with van der Waals surface area (Å²) < 4.78 is 13.5. The molecule has 1 saturated carbocycles. The predicted molar refractivity (Wildman–Crippen MR) is 117 cm³/mol. The number of rotatable bonds is 8. The molecule has 2 N–H and O–H groups in total. The number of benzene rings is 1. The van der Waals surface area contributed by atoms with Crippen LogP contribution < -0.4 is 10.6 Å². The minimum absolute atomic E-state index is 0. The van der Waals surface area contributed by atoms with Gasteiger partial charge in [-0.1, -0.05) is 12.1 Å². The second kappa shape index (κ2) is 10.4. The number of aliphatic imine (C=N–C) groups is 1. The zero-order valence-electron chi connectivity index (χ0n) is 15.8. The number of guanidine groups is 1. The van der Waals surface area contributed by atoms with Crippen LogP contribution in [-0.2, 0) is 5.41 Å².